The smallest absolute Gasteiger partial charge is 0.255 e. The van der Waals surface area contributed by atoms with Gasteiger partial charge in [-0.3, -0.25) is 4.79 Å². The Morgan fingerprint density at radius 2 is 2.06 bits per heavy atom. The number of hydrogen-bond acceptors (Lipinski definition) is 3. The average Bonchev–Trinajstić information content (AvgIpc) is 2.29. The normalized spacial score (nSPS) is 12.0. The van der Waals surface area contributed by atoms with E-state index in [1.807, 2.05) is 31.2 Å². The van der Waals surface area contributed by atoms with Gasteiger partial charge >= 0.3 is 0 Å². The zero-order valence-corrected chi connectivity index (χ0v) is 10.9. The lowest BCUT2D eigenvalue weighted by atomic mass is 10.1. The van der Waals surface area contributed by atoms with Gasteiger partial charge in [0.25, 0.3) is 5.91 Å². The summed E-state index contributed by atoms with van der Waals surface area (Å²) in [5.41, 5.74) is 1.52. The first-order valence-electron chi connectivity index (χ1n) is 5.62. The Morgan fingerprint density at radius 1 is 1.41 bits per heavy atom. The fourth-order valence-electron chi connectivity index (χ4n) is 1.59. The SMILES string of the molecule is COCC(C)Nc1ccccc1C(=O)N(C)C. The molecule has 0 fully saturated rings. The van der Waals surface area contributed by atoms with E-state index in [9.17, 15) is 4.79 Å². The second kappa shape index (κ2) is 6.25. The zero-order valence-electron chi connectivity index (χ0n) is 10.9. The fourth-order valence-corrected chi connectivity index (χ4v) is 1.59. The minimum atomic E-state index is -0.00211. The Bertz CT molecular complexity index is 377. The second-order valence-corrected chi connectivity index (χ2v) is 4.25. The molecule has 0 aromatic heterocycles. The summed E-state index contributed by atoms with van der Waals surface area (Å²) in [6, 6.07) is 7.67. The van der Waals surface area contributed by atoms with Crippen LogP contribution in [-0.2, 0) is 4.74 Å². The van der Waals surface area contributed by atoms with Crippen LogP contribution in [0.2, 0.25) is 0 Å². The van der Waals surface area contributed by atoms with Gasteiger partial charge in [0.2, 0.25) is 0 Å². The van der Waals surface area contributed by atoms with E-state index in [4.69, 9.17) is 4.74 Å². The number of methoxy groups -OCH3 is 1. The van der Waals surface area contributed by atoms with E-state index >= 15 is 0 Å². The Kier molecular flexibility index (Phi) is 4.97. The molecule has 4 nitrogen and oxygen atoms in total. The molecule has 1 aromatic carbocycles. The third-order valence-corrected chi connectivity index (χ3v) is 2.38. The highest BCUT2D eigenvalue weighted by Gasteiger charge is 2.13. The molecule has 0 heterocycles. The highest BCUT2D eigenvalue weighted by molar-refractivity contribution is 5.99. The van der Waals surface area contributed by atoms with Crippen LogP contribution >= 0.6 is 0 Å². The van der Waals surface area contributed by atoms with Gasteiger partial charge in [-0.2, -0.15) is 0 Å². The van der Waals surface area contributed by atoms with Gasteiger partial charge in [-0.1, -0.05) is 12.1 Å². The first-order valence-corrected chi connectivity index (χ1v) is 5.62. The summed E-state index contributed by atoms with van der Waals surface area (Å²) in [5.74, 6) is -0.00211. The van der Waals surface area contributed by atoms with Crippen LogP contribution in [0.25, 0.3) is 0 Å². The lowest BCUT2D eigenvalue weighted by Gasteiger charge is -2.18. The number of carbonyl (C=O) groups excluding carboxylic acids is 1. The molecule has 1 rings (SSSR count). The summed E-state index contributed by atoms with van der Waals surface area (Å²) in [5, 5.41) is 3.27. The van der Waals surface area contributed by atoms with Gasteiger partial charge in [-0.15, -0.1) is 0 Å². The topological polar surface area (TPSA) is 41.6 Å². The first kappa shape index (κ1) is 13.5. The Morgan fingerprint density at radius 3 is 2.65 bits per heavy atom. The van der Waals surface area contributed by atoms with Crippen molar-refractivity contribution in [2.45, 2.75) is 13.0 Å². The number of para-hydroxylation sites is 1. The summed E-state index contributed by atoms with van der Waals surface area (Å²) < 4.78 is 5.07. The van der Waals surface area contributed by atoms with Crippen molar-refractivity contribution in [2.24, 2.45) is 0 Å². The van der Waals surface area contributed by atoms with Crippen molar-refractivity contribution in [1.29, 1.82) is 0 Å². The van der Waals surface area contributed by atoms with Crippen LogP contribution in [0.5, 0.6) is 0 Å². The van der Waals surface area contributed by atoms with Gasteiger partial charge in [0.15, 0.2) is 0 Å². The highest BCUT2D eigenvalue weighted by Crippen LogP contribution is 2.17. The molecule has 0 spiro atoms. The molecular weight excluding hydrogens is 216 g/mol. The molecule has 1 amide bonds. The molecule has 1 atom stereocenters. The second-order valence-electron chi connectivity index (χ2n) is 4.25. The maximum absolute atomic E-state index is 12.0. The van der Waals surface area contributed by atoms with Crippen molar-refractivity contribution in [3.63, 3.8) is 0 Å². The summed E-state index contributed by atoms with van der Waals surface area (Å²) in [6.07, 6.45) is 0. The van der Waals surface area contributed by atoms with E-state index in [0.29, 0.717) is 12.2 Å². The fraction of sp³-hybridized carbons (Fsp3) is 0.462. The minimum Gasteiger partial charge on any atom is -0.383 e. The predicted octanol–water partition coefficient (Wildman–Crippen LogP) is 1.84. The molecule has 0 saturated heterocycles. The van der Waals surface area contributed by atoms with E-state index < -0.39 is 0 Å². The van der Waals surface area contributed by atoms with Gasteiger partial charge in [0.1, 0.15) is 0 Å². The molecule has 0 bridgehead atoms. The number of rotatable bonds is 5. The van der Waals surface area contributed by atoms with Crippen molar-refractivity contribution >= 4 is 11.6 Å². The van der Waals surface area contributed by atoms with Crippen LogP contribution in [0.4, 0.5) is 5.69 Å². The van der Waals surface area contributed by atoms with E-state index in [1.165, 1.54) is 0 Å². The lowest BCUT2D eigenvalue weighted by molar-refractivity contribution is 0.0828. The first-order chi connectivity index (χ1) is 8.06. The number of carbonyl (C=O) groups is 1. The van der Waals surface area contributed by atoms with Gasteiger partial charge in [0, 0.05) is 32.9 Å². The predicted molar refractivity (Wildman–Crippen MR) is 69.4 cm³/mol. The molecule has 1 aromatic rings. The third-order valence-electron chi connectivity index (χ3n) is 2.38. The molecule has 0 saturated carbocycles. The third kappa shape index (κ3) is 3.75. The molecule has 0 aliphatic heterocycles. The van der Waals surface area contributed by atoms with Crippen molar-refractivity contribution in [2.75, 3.05) is 33.1 Å². The summed E-state index contributed by atoms with van der Waals surface area (Å²) in [4.78, 5) is 13.5. The van der Waals surface area contributed by atoms with Crippen molar-refractivity contribution < 1.29 is 9.53 Å². The van der Waals surface area contributed by atoms with Crippen LogP contribution in [0.3, 0.4) is 0 Å². The van der Waals surface area contributed by atoms with Crippen molar-refractivity contribution in [3.05, 3.63) is 29.8 Å². The van der Waals surface area contributed by atoms with Gasteiger partial charge in [-0.25, -0.2) is 0 Å². The van der Waals surface area contributed by atoms with Gasteiger partial charge in [-0.05, 0) is 19.1 Å². The lowest BCUT2D eigenvalue weighted by Crippen LogP contribution is -2.26. The Hall–Kier alpha value is -1.55. The number of anilines is 1. The minimum absolute atomic E-state index is 0.00211. The number of nitrogens with one attached hydrogen (secondary N) is 1. The van der Waals surface area contributed by atoms with E-state index in [2.05, 4.69) is 5.32 Å². The number of benzene rings is 1. The van der Waals surface area contributed by atoms with Crippen molar-refractivity contribution in [3.8, 4) is 0 Å². The van der Waals surface area contributed by atoms with Crippen LogP contribution in [-0.4, -0.2) is 44.7 Å². The molecule has 4 heteroatoms. The summed E-state index contributed by atoms with van der Waals surface area (Å²) in [6.45, 7) is 2.62. The summed E-state index contributed by atoms with van der Waals surface area (Å²) >= 11 is 0. The molecule has 0 aliphatic carbocycles. The number of ether oxygens (including phenoxy) is 1. The monoisotopic (exact) mass is 236 g/mol. The van der Waals surface area contributed by atoms with Crippen LogP contribution in [0.1, 0.15) is 17.3 Å². The summed E-state index contributed by atoms with van der Waals surface area (Å²) in [7, 11) is 5.16. The van der Waals surface area contributed by atoms with E-state index in [-0.39, 0.29) is 11.9 Å². The van der Waals surface area contributed by atoms with Gasteiger partial charge in [0.05, 0.1) is 12.2 Å². The van der Waals surface area contributed by atoms with Gasteiger partial charge < -0.3 is 15.0 Å². The maximum atomic E-state index is 12.0. The number of amides is 1. The molecule has 0 radical (unpaired) electrons. The van der Waals surface area contributed by atoms with Crippen LogP contribution < -0.4 is 5.32 Å². The molecule has 1 N–H and O–H groups in total. The Labute approximate surface area is 103 Å². The van der Waals surface area contributed by atoms with E-state index in [1.54, 1.807) is 26.1 Å². The molecule has 94 valence electrons. The van der Waals surface area contributed by atoms with Crippen molar-refractivity contribution in [1.82, 2.24) is 4.90 Å². The quantitative estimate of drug-likeness (QED) is 0.848. The maximum Gasteiger partial charge on any atom is 0.255 e. The molecule has 17 heavy (non-hydrogen) atoms. The molecular formula is C13H20N2O2. The largest absolute Gasteiger partial charge is 0.383 e. The number of hydrogen-bond donors (Lipinski definition) is 1. The highest BCUT2D eigenvalue weighted by atomic mass is 16.5. The number of nitrogens with zero attached hydrogens (tertiary/aromatic N) is 1. The Balaban J connectivity index is 2.88. The molecule has 1 unspecified atom stereocenters. The standard InChI is InChI=1S/C13H20N2O2/c1-10(9-17-4)14-12-8-6-5-7-11(12)13(16)15(2)3/h5-8,10,14H,9H2,1-4H3. The van der Waals surface area contributed by atoms with E-state index in [0.717, 1.165) is 5.69 Å². The van der Waals surface area contributed by atoms with Crippen LogP contribution in [0, 0.1) is 0 Å². The van der Waals surface area contributed by atoms with Crippen LogP contribution in [0.15, 0.2) is 24.3 Å². The molecule has 0 aliphatic rings. The zero-order chi connectivity index (χ0) is 12.8. The average molecular weight is 236 g/mol.